The minimum absolute atomic E-state index is 0.00333. The number of hydrogen-bond donors (Lipinski definition) is 1. The minimum atomic E-state index is -0.401. The molecular weight excluding hydrogens is 276 g/mol. The zero-order valence-electron chi connectivity index (χ0n) is 13.9. The van der Waals surface area contributed by atoms with E-state index in [0.29, 0.717) is 5.92 Å². The molecule has 1 aromatic heterocycles. The van der Waals surface area contributed by atoms with Gasteiger partial charge in [-0.15, -0.1) is 0 Å². The Morgan fingerprint density at radius 1 is 1.32 bits per heavy atom. The van der Waals surface area contributed by atoms with Gasteiger partial charge in [0.1, 0.15) is 6.04 Å². The van der Waals surface area contributed by atoms with Crippen molar-refractivity contribution in [1.29, 1.82) is 0 Å². The van der Waals surface area contributed by atoms with Crippen LogP contribution in [0.4, 0.5) is 5.69 Å². The molecule has 0 saturated carbocycles. The number of likely N-dealkylation sites (N-methyl/N-ethyl adjacent to an activating group) is 2. The van der Waals surface area contributed by atoms with Crippen LogP contribution in [0.25, 0.3) is 0 Å². The Balaban J connectivity index is 2.25. The van der Waals surface area contributed by atoms with Crippen molar-refractivity contribution in [2.45, 2.75) is 25.8 Å². The maximum Gasteiger partial charge on any atom is 0.248 e. The summed E-state index contributed by atoms with van der Waals surface area (Å²) in [6.07, 6.45) is 3.58. The van der Waals surface area contributed by atoms with Crippen molar-refractivity contribution in [2.24, 2.45) is 7.05 Å². The molecule has 0 spiro atoms. The third kappa shape index (κ3) is 3.36. The van der Waals surface area contributed by atoms with Crippen LogP contribution in [-0.2, 0) is 11.8 Å². The van der Waals surface area contributed by atoms with Crippen molar-refractivity contribution >= 4 is 11.6 Å². The summed E-state index contributed by atoms with van der Waals surface area (Å²) in [4.78, 5) is 14.5. The van der Waals surface area contributed by atoms with E-state index in [0.717, 1.165) is 11.3 Å². The highest BCUT2D eigenvalue weighted by Gasteiger charge is 2.24. The van der Waals surface area contributed by atoms with Crippen LogP contribution in [-0.4, -0.2) is 29.8 Å². The van der Waals surface area contributed by atoms with Crippen LogP contribution in [0.15, 0.2) is 36.7 Å². The average Bonchev–Trinajstić information content (AvgIpc) is 2.93. The summed E-state index contributed by atoms with van der Waals surface area (Å²) in [5.41, 5.74) is 2.99. The highest BCUT2D eigenvalue weighted by molar-refractivity contribution is 5.97. The van der Waals surface area contributed by atoms with Gasteiger partial charge in [0.2, 0.25) is 5.91 Å². The molecule has 1 atom stereocenters. The van der Waals surface area contributed by atoms with Crippen LogP contribution in [0.5, 0.6) is 0 Å². The summed E-state index contributed by atoms with van der Waals surface area (Å²) in [7, 11) is 5.44. The highest BCUT2D eigenvalue weighted by Crippen LogP contribution is 2.23. The predicted molar refractivity (Wildman–Crippen MR) is 88.9 cm³/mol. The Labute approximate surface area is 131 Å². The molecule has 22 heavy (non-hydrogen) atoms. The van der Waals surface area contributed by atoms with Crippen LogP contribution < -0.4 is 10.2 Å². The van der Waals surface area contributed by atoms with Crippen molar-refractivity contribution in [3.8, 4) is 0 Å². The minimum Gasteiger partial charge on any atom is -0.314 e. The van der Waals surface area contributed by atoms with Gasteiger partial charge in [0.25, 0.3) is 0 Å². The second-order valence-electron chi connectivity index (χ2n) is 5.82. The van der Waals surface area contributed by atoms with Crippen molar-refractivity contribution in [1.82, 2.24) is 15.1 Å². The molecule has 0 aliphatic rings. The Morgan fingerprint density at radius 2 is 2.05 bits per heavy atom. The maximum absolute atomic E-state index is 12.8. The zero-order chi connectivity index (χ0) is 16.3. The molecule has 0 saturated heterocycles. The monoisotopic (exact) mass is 300 g/mol. The largest absolute Gasteiger partial charge is 0.314 e. The first kappa shape index (κ1) is 16.2. The third-order valence-corrected chi connectivity index (χ3v) is 3.85. The summed E-state index contributed by atoms with van der Waals surface area (Å²) in [6, 6.07) is 7.70. The molecule has 2 rings (SSSR count). The van der Waals surface area contributed by atoms with Gasteiger partial charge < -0.3 is 10.2 Å². The fourth-order valence-corrected chi connectivity index (χ4v) is 2.44. The number of amides is 1. The smallest absolute Gasteiger partial charge is 0.248 e. The molecule has 2 aromatic rings. The normalized spacial score (nSPS) is 12.5. The van der Waals surface area contributed by atoms with Crippen molar-refractivity contribution in [2.75, 3.05) is 19.0 Å². The van der Waals surface area contributed by atoms with E-state index in [4.69, 9.17) is 0 Å². The first-order valence-corrected chi connectivity index (χ1v) is 7.47. The first-order chi connectivity index (χ1) is 10.4. The predicted octanol–water partition coefficient (Wildman–Crippen LogP) is 2.47. The average molecular weight is 300 g/mol. The van der Waals surface area contributed by atoms with Gasteiger partial charge in [0.05, 0.1) is 6.20 Å². The second kappa shape index (κ2) is 6.75. The third-order valence-electron chi connectivity index (χ3n) is 3.85. The number of aromatic nitrogens is 2. The fourth-order valence-electron chi connectivity index (χ4n) is 2.44. The lowest BCUT2D eigenvalue weighted by atomic mass is 10.0. The number of benzene rings is 1. The van der Waals surface area contributed by atoms with Crippen LogP contribution in [0, 0.1) is 0 Å². The van der Waals surface area contributed by atoms with E-state index >= 15 is 0 Å². The van der Waals surface area contributed by atoms with Gasteiger partial charge in [-0.05, 0) is 30.7 Å². The molecule has 0 fully saturated rings. The lowest BCUT2D eigenvalue weighted by molar-refractivity contribution is -0.120. The van der Waals surface area contributed by atoms with E-state index in [9.17, 15) is 4.79 Å². The van der Waals surface area contributed by atoms with Crippen molar-refractivity contribution in [3.05, 3.63) is 47.8 Å². The maximum atomic E-state index is 12.8. The van der Waals surface area contributed by atoms with E-state index < -0.39 is 6.04 Å². The number of carbonyl (C=O) groups is 1. The summed E-state index contributed by atoms with van der Waals surface area (Å²) in [5, 5.41) is 7.22. The van der Waals surface area contributed by atoms with Crippen molar-refractivity contribution in [3.63, 3.8) is 0 Å². The molecule has 5 heteroatoms. The molecule has 1 amide bonds. The molecular formula is C17H24N4O. The number of hydrogen-bond acceptors (Lipinski definition) is 3. The number of aryl methyl sites for hydroxylation is 1. The molecule has 1 aromatic carbocycles. The van der Waals surface area contributed by atoms with Gasteiger partial charge >= 0.3 is 0 Å². The van der Waals surface area contributed by atoms with Crippen LogP contribution in [0.3, 0.4) is 0 Å². The van der Waals surface area contributed by atoms with Gasteiger partial charge in [-0.25, -0.2) is 0 Å². The summed E-state index contributed by atoms with van der Waals surface area (Å²) >= 11 is 0. The van der Waals surface area contributed by atoms with Crippen molar-refractivity contribution < 1.29 is 4.79 Å². The van der Waals surface area contributed by atoms with E-state index in [2.05, 4.69) is 36.4 Å². The first-order valence-electron chi connectivity index (χ1n) is 7.47. The van der Waals surface area contributed by atoms with Crippen LogP contribution in [0.2, 0.25) is 0 Å². The number of rotatable bonds is 5. The van der Waals surface area contributed by atoms with Gasteiger partial charge in [-0.2, -0.15) is 5.10 Å². The fraction of sp³-hybridized carbons (Fsp3) is 0.412. The van der Waals surface area contributed by atoms with Crippen LogP contribution >= 0.6 is 0 Å². The molecule has 5 nitrogen and oxygen atoms in total. The van der Waals surface area contributed by atoms with E-state index in [1.807, 2.05) is 32.4 Å². The Kier molecular flexibility index (Phi) is 4.98. The molecule has 1 N–H and O–H groups in total. The molecule has 0 bridgehead atoms. The van der Waals surface area contributed by atoms with Crippen LogP contribution in [0.1, 0.15) is 36.9 Å². The zero-order valence-corrected chi connectivity index (χ0v) is 13.9. The standard InChI is InChI=1S/C17H24N4O/c1-12(2)13-7-6-8-15(9-13)21(5)17(22)16(18-3)14-10-19-20(4)11-14/h6-12,16,18H,1-5H3. The SMILES string of the molecule is CNC(C(=O)N(C)c1cccc(C(C)C)c1)c1cnn(C)c1. The van der Waals surface area contributed by atoms with E-state index in [1.165, 1.54) is 5.56 Å². The quantitative estimate of drug-likeness (QED) is 0.923. The summed E-state index contributed by atoms with van der Waals surface area (Å²) in [5.74, 6) is 0.429. The van der Waals surface area contributed by atoms with Gasteiger partial charge in [0.15, 0.2) is 0 Å². The lowest BCUT2D eigenvalue weighted by Gasteiger charge is -2.24. The molecule has 0 aliphatic carbocycles. The topological polar surface area (TPSA) is 50.2 Å². The number of nitrogens with one attached hydrogen (secondary N) is 1. The highest BCUT2D eigenvalue weighted by atomic mass is 16.2. The molecule has 0 aliphatic heterocycles. The van der Waals surface area contributed by atoms with Gasteiger partial charge in [-0.3, -0.25) is 9.48 Å². The molecule has 1 heterocycles. The Hall–Kier alpha value is -2.14. The van der Waals surface area contributed by atoms with Gasteiger partial charge in [-0.1, -0.05) is 26.0 Å². The number of carbonyl (C=O) groups excluding carboxylic acids is 1. The summed E-state index contributed by atoms with van der Waals surface area (Å²) < 4.78 is 1.70. The molecule has 1 unspecified atom stereocenters. The Bertz CT molecular complexity index is 648. The second-order valence-corrected chi connectivity index (χ2v) is 5.82. The molecule has 0 radical (unpaired) electrons. The summed E-state index contributed by atoms with van der Waals surface area (Å²) in [6.45, 7) is 4.29. The van der Waals surface area contributed by atoms with E-state index in [1.54, 1.807) is 22.8 Å². The number of anilines is 1. The van der Waals surface area contributed by atoms with Gasteiger partial charge in [0, 0.05) is 31.5 Å². The Morgan fingerprint density at radius 3 is 2.59 bits per heavy atom. The molecule has 118 valence electrons. The lowest BCUT2D eigenvalue weighted by Crippen LogP contribution is -2.37. The number of nitrogens with zero attached hydrogens (tertiary/aromatic N) is 3. The van der Waals surface area contributed by atoms with E-state index in [-0.39, 0.29) is 5.91 Å².